The zero-order valence-corrected chi connectivity index (χ0v) is 6.53. The van der Waals surface area contributed by atoms with Gasteiger partial charge in [-0.3, -0.25) is 0 Å². The average molecular weight is 155 g/mol. The predicted molar refractivity (Wildman–Crippen MR) is 42.8 cm³/mol. The Balaban J connectivity index is 2.57. The molecule has 0 aromatic heterocycles. The maximum absolute atomic E-state index is 9.15. The van der Waals surface area contributed by atoms with Crippen LogP contribution in [0.25, 0.3) is 0 Å². The minimum absolute atomic E-state index is 0.229. The Morgan fingerprint density at radius 3 is 3.18 bits per heavy atom. The molecule has 62 valence electrons. The summed E-state index contributed by atoms with van der Waals surface area (Å²) >= 11 is 0. The summed E-state index contributed by atoms with van der Waals surface area (Å²) in [6.45, 7) is 2.16. The van der Waals surface area contributed by atoms with Gasteiger partial charge in [0.05, 0.1) is 12.7 Å². The highest BCUT2D eigenvalue weighted by atomic mass is 16.5. The fraction of sp³-hybridized carbons (Fsp3) is 0.500. The van der Waals surface area contributed by atoms with Gasteiger partial charge in [-0.25, -0.2) is 0 Å². The first-order chi connectivity index (χ1) is 5.20. The molecule has 1 aliphatic heterocycles. The third-order valence-corrected chi connectivity index (χ3v) is 1.56. The van der Waals surface area contributed by atoms with Gasteiger partial charge in [0, 0.05) is 5.70 Å². The Labute approximate surface area is 66.2 Å². The lowest BCUT2D eigenvalue weighted by Crippen LogP contribution is -2.23. The van der Waals surface area contributed by atoms with E-state index in [1.165, 1.54) is 0 Å². The lowest BCUT2D eigenvalue weighted by molar-refractivity contribution is 0.0121. The molecule has 0 aliphatic carbocycles. The van der Waals surface area contributed by atoms with Gasteiger partial charge < -0.3 is 15.6 Å². The van der Waals surface area contributed by atoms with E-state index in [9.17, 15) is 0 Å². The van der Waals surface area contributed by atoms with Crippen LogP contribution in [0.3, 0.4) is 0 Å². The molecule has 11 heavy (non-hydrogen) atoms. The SMILES string of the molecule is CC(O)C1C=CC(N)=CCO1. The van der Waals surface area contributed by atoms with Gasteiger partial charge >= 0.3 is 0 Å². The molecule has 0 spiro atoms. The molecule has 3 heteroatoms. The number of hydrogen-bond acceptors (Lipinski definition) is 3. The Hall–Kier alpha value is -0.800. The van der Waals surface area contributed by atoms with Gasteiger partial charge in [0.1, 0.15) is 6.10 Å². The average Bonchev–Trinajstić information content (AvgIpc) is 2.13. The lowest BCUT2D eigenvalue weighted by Gasteiger charge is -2.14. The van der Waals surface area contributed by atoms with Crippen molar-refractivity contribution in [1.29, 1.82) is 0 Å². The Morgan fingerprint density at radius 2 is 2.55 bits per heavy atom. The maximum Gasteiger partial charge on any atom is 0.102 e. The fourth-order valence-electron chi connectivity index (χ4n) is 0.885. The summed E-state index contributed by atoms with van der Waals surface area (Å²) in [5, 5.41) is 9.15. The molecule has 3 N–H and O–H groups in total. The van der Waals surface area contributed by atoms with Crippen LogP contribution in [-0.2, 0) is 4.74 Å². The van der Waals surface area contributed by atoms with Gasteiger partial charge in [-0.15, -0.1) is 0 Å². The molecule has 0 saturated heterocycles. The molecule has 0 aromatic carbocycles. The van der Waals surface area contributed by atoms with E-state index >= 15 is 0 Å². The molecule has 2 unspecified atom stereocenters. The fourth-order valence-corrected chi connectivity index (χ4v) is 0.885. The van der Waals surface area contributed by atoms with Gasteiger partial charge in [-0.1, -0.05) is 6.08 Å². The van der Waals surface area contributed by atoms with Gasteiger partial charge in [-0.2, -0.15) is 0 Å². The molecule has 3 nitrogen and oxygen atoms in total. The summed E-state index contributed by atoms with van der Waals surface area (Å²) in [6.07, 6.45) is 4.59. The molecule has 0 saturated carbocycles. The zero-order chi connectivity index (χ0) is 8.27. The van der Waals surface area contributed by atoms with Crippen molar-refractivity contribution < 1.29 is 9.84 Å². The van der Waals surface area contributed by atoms with Gasteiger partial charge in [0.2, 0.25) is 0 Å². The Kier molecular flexibility index (Phi) is 2.68. The van der Waals surface area contributed by atoms with E-state index in [2.05, 4.69) is 0 Å². The van der Waals surface area contributed by atoms with Gasteiger partial charge in [-0.05, 0) is 19.1 Å². The molecule has 1 heterocycles. The van der Waals surface area contributed by atoms with Crippen molar-refractivity contribution in [3.8, 4) is 0 Å². The van der Waals surface area contributed by atoms with E-state index in [1.54, 1.807) is 25.2 Å². The van der Waals surface area contributed by atoms with Crippen molar-refractivity contribution in [2.45, 2.75) is 19.1 Å². The van der Waals surface area contributed by atoms with Crippen molar-refractivity contribution in [1.82, 2.24) is 0 Å². The molecule has 0 radical (unpaired) electrons. The van der Waals surface area contributed by atoms with E-state index in [4.69, 9.17) is 15.6 Å². The number of nitrogens with two attached hydrogens (primary N) is 1. The second-order valence-electron chi connectivity index (χ2n) is 2.60. The number of allylic oxidation sites excluding steroid dienone is 1. The van der Waals surface area contributed by atoms with E-state index < -0.39 is 6.10 Å². The quantitative estimate of drug-likeness (QED) is 0.567. The van der Waals surface area contributed by atoms with E-state index in [0.29, 0.717) is 12.3 Å². The molecular weight excluding hydrogens is 142 g/mol. The van der Waals surface area contributed by atoms with Crippen LogP contribution in [0, 0.1) is 0 Å². The first-order valence-electron chi connectivity index (χ1n) is 3.63. The Bertz CT molecular complexity index is 185. The molecule has 1 aliphatic rings. The topological polar surface area (TPSA) is 55.5 Å². The summed E-state index contributed by atoms with van der Waals surface area (Å²) in [7, 11) is 0. The third kappa shape index (κ3) is 2.37. The molecule has 0 aromatic rings. The van der Waals surface area contributed by atoms with Crippen molar-refractivity contribution in [2.75, 3.05) is 6.61 Å². The van der Waals surface area contributed by atoms with Crippen LogP contribution < -0.4 is 5.73 Å². The predicted octanol–water partition coefficient (Wildman–Crippen LogP) is 0.165. The maximum atomic E-state index is 9.15. The highest BCUT2D eigenvalue weighted by Gasteiger charge is 2.12. The number of aliphatic hydroxyl groups is 1. The normalized spacial score (nSPS) is 27.5. The van der Waals surface area contributed by atoms with Crippen LogP contribution >= 0.6 is 0 Å². The van der Waals surface area contributed by atoms with Crippen molar-refractivity contribution in [2.24, 2.45) is 5.73 Å². The minimum atomic E-state index is -0.481. The number of hydrogen-bond donors (Lipinski definition) is 2. The van der Waals surface area contributed by atoms with Crippen LogP contribution in [0.2, 0.25) is 0 Å². The van der Waals surface area contributed by atoms with Gasteiger partial charge in [0.15, 0.2) is 0 Å². The minimum Gasteiger partial charge on any atom is -0.399 e. The molecular formula is C8H13NO2. The Morgan fingerprint density at radius 1 is 1.82 bits per heavy atom. The highest BCUT2D eigenvalue weighted by molar-refractivity contribution is 5.18. The van der Waals surface area contributed by atoms with Crippen LogP contribution in [0.5, 0.6) is 0 Å². The first kappa shape index (κ1) is 8.30. The van der Waals surface area contributed by atoms with E-state index in [0.717, 1.165) is 0 Å². The van der Waals surface area contributed by atoms with Crippen LogP contribution in [0.4, 0.5) is 0 Å². The third-order valence-electron chi connectivity index (χ3n) is 1.56. The number of rotatable bonds is 1. The molecule has 0 bridgehead atoms. The summed E-state index contributed by atoms with van der Waals surface area (Å²) in [5.74, 6) is 0. The molecule has 0 amide bonds. The smallest absolute Gasteiger partial charge is 0.102 e. The first-order valence-corrected chi connectivity index (χ1v) is 3.63. The largest absolute Gasteiger partial charge is 0.399 e. The standard InChI is InChI=1S/C8H13NO2/c1-6(10)8-3-2-7(9)4-5-11-8/h2-4,6,8,10H,5,9H2,1H3. The van der Waals surface area contributed by atoms with Gasteiger partial charge in [0.25, 0.3) is 0 Å². The molecule has 2 atom stereocenters. The molecule has 0 fully saturated rings. The molecule has 1 rings (SSSR count). The number of ether oxygens (including phenoxy) is 1. The summed E-state index contributed by atoms with van der Waals surface area (Å²) in [6, 6.07) is 0. The van der Waals surface area contributed by atoms with Crippen LogP contribution in [0.1, 0.15) is 6.92 Å². The van der Waals surface area contributed by atoms with E-state index in [-0.39, 0.29) is 6.10 Å². The second kappa shape index (κ2) is 3.55. The summed E-state index contributed by atoms with van der Waals surface area (Å²) in [5.41, 5.74) is 6.20. The number of aliphatic hydroxyl groups excluding tert-OH is 1. The zero-order valence-electron chi connectivity index (χ0n) is 6.53. The van der Waals surface area contributed by atoms with E-state index in [1.807, 2.05) is 0 Å². The van der Waals surface area contributed by atoms with Crippen LogP contribution in [-0.4, -0.2) is 23.9 Å². The second-order valence-corrected chi connectivity index (χ2v) is 2.60. The van der Waals surface area contributed by atoms with Crippen LogP contribution in [0.15, 0.2) is 23.9 Å². The van der Waals surface area contributed by atoms with Crippen molar-refractivity contribution in [3.63, 3.8) is 0 Å². The van der Waals surface area contributed by atoms with Crippen molar-refractivity contribution in [3.05, 3.63) is 23.9 Å². The van der Waals surface area contributed by atoms with Crippen molar-refractivity contribution >= 4 is 0 Å². The lowest BCUT2D eigenvalue weighted by atomic mass is 10.2. The summed E-state index contributed by atoms with van der Waals surface area (Å²) < 4.78 is 5.24. The monoisotopic (exact) mass is 155 g/mol. The summed E-state index contributed by atoms with van der Waals surface area (Å²) in [4.78, 5) is 0. The highest BCUT2D eigenvalue weighted by Crippen LogP contribution is 2.06.